The maximum atomic E-state index is 11.4. The van der Waals surface area contributed by atoms with E-state index in [0.29, 0.717) is 52.2 Å². The molecule has 22 heavy (non-hydrogen) atoms. The van der Waals surface area contributed by atoms with Gasteiger partial charge in [-0.2, -0.15) is 0 Å². The molecule has 0 aliphatic rings. The van der Waals surface area contributed by atoms with Crippen molar-refractivity contribution in [3.8, 4) is 0 Å². The van der Waals surface area contributed by atoms with Gasteiger partial charge in [-0.25, -0.2) is 0 Å². The Morgan fingerprint density at radius 3 is 2.64 bits per heavy atom. The molecule has 0 fully saturated rings. The third kappa shape index (κ3) is 12.0. The second-order valence-electron chi connectivity index (χ2n) is 4.50. The van der Waals surface area contributed by atoms with Gasteiger partial charge in [-0.3, -0.25) is 14.4 Å². The maximum Gasteiger partial charge on any atom is 0.246 e. The van der Waals surface area contributed by atoms with Gasteiger partial charge < -0.3 is 25.6 Å². The smallest absolute Gasteiger partial charge is 0.246 e. The first-order valence-corrected chi connectivity index (χ1v) is 7.18. The summed E-state index contributed by atoms with van der Waals surface area (Å²) in [5.74, 6) is -0.261. The summed E-state index contributed by atoms with van der Waals surface area (Å²) >= 11 is 0. The summed E-state index contributed by atoms with van der Waals surface area (Å²) in [5.41, 5.74) is 0. The van der Waals surface area contributed by atoms with Gasteiger partial charge in [0.25, 0.3) is 0 Å². The van der Waals surface area contributed by atoms with E-state index in [1.807, 2.05) is 0 Å². The zero-order valence-corrected chi connectivity index (χ0v) is 13.3. The molecule has 2 amide bonds. The molecule has 0 heterocycles. The highest BCUT2D eigenvalue weighted by atomic mass is 16.5. The Kier molecular flexibility index (Phi) is 13.0. The van der Waals surface area contributed by atoms with Crippen molar-refractivity contribution < 1.29 is 19.1 Å². The topological polar surface area (TPSA) is 99.8 Å². The number of allylic oxidation sites excluding steroid dienone is 1. The minimum absolute atomic E-state index is 0.0307. The molecule has 0 bridgehead atoms. The molecule has 0 aromatic rings. The van der Waals surface area contributed by atoms with Crippen molar-refractivity contribution in [2.45, 2.75) is 0 Å². The molecule has 126 valence electrons. The minimum atomic E-state index is -0.230. The van der Waals surface area contributed by atoms with Gasteiger partial charge in [0.1, 0.15) is 6.29 Å². The summed E-state index contributed by atoms with van der Waals surface area (Å²) in [6, 6.07) is 0. The number of carbonyl (C=O) groups excluding carboxylic acids is 3. The summed E-state index contributed by atoms with van der Waals surface area (Å²) in [4.78, 5) is 34.1. The Morgan fingerprint density at radius 1 is 1.18 bits per heavy atom. The van der Waals surface area contributed by atoms with Crippen LogP contribution in [-0.2, 0) is 19.1 Å². The first-order valence-electron chi connectivity index (χ1n) is 7.18. The zero-order chi connectivity index (χ0) is 16.6. The molecule has 8 heteroatoms. The van der Waals surface area contributed by atoms with E-state index in [9.17, 15) is 14.4 Å². The summed E-state index contributed by atoms with van der Waals surface area (Å²) < 4.78 is 5.38. The van der Waals surface area contributed by atoms with E-state index in [2.05, 4.69) is 16.0 Å². The fourth-order valence-electron chi connectivity index (χ4n) is 1.45. The zero-order valence-electron chi connectivity index (χ0n) is 13.3. The van der Waals surface area contributed by atoms with Crippen molar-refractivity contribution in [3.05, 3.63) is 12.2 Å². The highest BCUT2D eigenvalue weighted by molar-refractivity contribution is 5.90. The molecule has 0 atom stereocenters. The third-order valence-electron chi connectivity index (χ3n) is 2.65. The average molecular weight is 314 g/mol. The average Bonchev–Trinajstić information content (AvgIpc) is 2.50. The van der Waals surface area contributed by atoms with Gasteiger partial charge in [-0.15, -0.1) is 0 Å². The van der Waals surface area contributed by atoms with Crippen molar-refractivity contribution in [2.24, 2.45) is 0 Å². The van der Waals surface area contributed by atoms with E-state index in [4.69, 9.17) is 4.74 Å². The Morgan fingerprint density at radius 2 is 1.95 bits per heavy atom. The summed E-state index contributed by atoms with van der Waals surface area (Å²) in [7, 11) is 3.37. The predicted molar refractivity (Wildman–Crippen MR) is 83.5 cm³/mol. The highest BCUT2D eigenvalue weighted by Gasteiger charge is 2.03. The molecule has 0 aliphatic heterocycles. The lowest BCUT2D eigenvalue weighted by Gasteiger charge is -2.15. The number of carbonyl (C=O) groups is 3. The van der Waals surface area contributed by atoms with Crippen LogP contribution in [-0.4, -0.2) is 83.0 Å². The van der Waals surface area contributed by atoms with E-state index in [1.54, 1.807) is 14.1 Å². The lowest BCUT2D eigenvalue weighted by atomic mass is 10.4. The summed E-state index contributed by atoms with van der Waals surface area (Å²) in [6.45, 7) is 3.65. The van der Waals surface area contributed by atoms with Crippen molar-refractivity contribution in [3.63, 3.8) is 0 Å². The lowest BCUT2D eigenvalue weighted by molar-refractivity contribution is -0.125. The second-order valence-corrected chi connectivity index (χ2v) is 4.50. The molecular formula is C14H26N4O4. The van der Waals surface area contributed by atoms with E-state index in [0.717, 1.165) is 0 Å². The molecule has 0 unspecified atom stereocenters. The molecule has 3 N–H and O–H groups in total. The summed E-state index contributed by atoms with van der Waals surface area (Å²) in [5, 5.41) is 8.65. The monoisotopic (exact) mass is 314 g/mol. The van der Waals surface area contributed by atoms with Gasteiger partial charge in [0.05, 0.1) is 19.8 Å². The van der Waals surface area contributed by atoms with Crippen LogP contribution in [0.5, 0.6) is 0 Å². The Balaban J connectivity index is 3.40. The Bertz CT molecular complexity index is 361. The number of nitrogens with one attached hydrogen (secondary N) is 3. The molecule has 0 rings (SSSR count). The highest BCUT2D eigenvalue weighted by Crippen LogP contribution is 1.87. The van der Waals surface area contributed by atoms with Crippen molar-refractivity contribution in [1.82, 2.24) is 20.9 Å². The van der Waals surface area contributed by atoms with Crippen LogP contribution in [0.2, 0.25) is 0 Å². The fourth-order valence-corrected chi connectivity index (χ4v) is 1.45. The van der Waals surface area contributed by atoms with E-state index >= 15 is 0 Å². The number of rotatable bonds is 13. The number of ether oxygens (including phenoxy) is 1. The minimum Gasteiger partial charge on any atom is -0.378 e. The lowest BCUT2D eigenvalue weighted by Crippen LogP contribution is -2.37. The van der Waals surface area contributed by atoms with Crippen LogP contribution in [0.1, 0.15) is 0 Å². The molecule has 0 aliphatic carbocycles. The normalized spacial score (nSPS) is 10.6. The van der Waals surface area contributed by atoms with Crippen LogP contribution in [0.25, 0.3) is 0 Å². The van der Waals surface area contributed by atoms with Crippen molar-refractivity contribution in [1.29, 1.82) is 0 Å². The standard InChI is InChI=1S/C14H26N4O4/c1-15-12-13(20)17-6-5-16-7-10-22-11-8-18(2)14(21)4-3-9-19/h3-4,9,15-16H,5-8,10-12H2,1-2H3,(H,17,20)/b4-3-. The number of aldehydes is 1. The van der Waals surface area contributed by atoms with Gasteiger partial charge in [-0.05, 0) is 13.1 Å². The third-order valence-corrected chi connectivity index (χ3v) is 2.65. The van der Waals surface area contributed by atoms with E-state index in [1.165, 1.54) is 17.1 Å². The van der Waals surface area contributed by atoms with Gasteiger partial charge in [0, 0.05) is 39.3 Å². The fraction of sp³-hybridized carbons (Fsp3) is 0.643. The first kappa shape index (κ1) is 20.2. The molecular weight excluding hydrogens is 288 g/mol. The molecule has 0 aromatic carbocycles. The molecule has 0 radical (unpaired) electrons. The largest absolute Gasteiger partial charge is 0.378 e. The van der Waals surface area contributed by atoms with Crippen LogP contribution in [0.15, 0.2) is 12.2 Å². The van der Waals surface area contributed by atoms with Gasteiger partial charge in [0.15, 0.2) is 0 Å². The quantitative estimate of drug-likeness (QED) is 0.209. The number of hydrogen-bond donors (Lipinski definition) is 3. The molecule has 0 saturated carbocycles. The van der Waals surface area contributed by atoms with Crippen LogP contribution in [0.4, 0.5) is 0 Å². The van der Waals surface area contributed by atoms with Gasteiger partial charge in [0.2, 0.25) is 11.8 Å². The van der Waals surface area contributed by atoms with Crippen molar-refractivity contribution in [2.75, 3.05) is 60.0 Å². The molecule has 0 spiro atoms. The number of hydrogen-bond acceptors (Lipinski definition) is 6. The van der Waals surface area contributed by atoms with E-state index in [-0.39, 0.29) is 11.8 Å². The SMILES string of the molecule is CNCC(=O)NCCNCCOCCN(C)C(=O)/C=C\C=O. The molecule has 0 aromatic heterocycles. The number of likely N-dealkylation sites (N-methyl/N-ethyl adjacent to an activating group) is 2. The van der Waals surface area contributed by atoms with Crippen LogP contribution in [0, 0.1) is 0 Å². The van der Waals surface area contributed by atoms with Gasteiger partial charge in [-0.1, -0.05) is 0 Å². The predicted octanol–water partition coefficient (Wildman–Crippen LogP) is -1.86. The first-order chi connectivity index (χ1) is 10.6. The summed E-state index contributed by atoms with van der Waals surface area (Å²) in [6.07, 6.45) is 2.95. The van der Waals surface area contributed by atoms with Gasteiger partial charge >= 0.3 is 0 Å². The van der Waals surface area contributed by atoms with Crippen LogP contribution >= 0.6 is 0 Å². The molecule has 0 saturated heterocycles. The van der Waals surface area contributed by atoms with E-state index < -0.39 is 0 Å². The van der Waals surface area contributed by atoms with Crippen LogP contribution in [0.3, 0.4) is 0 Å². The van der Waals surface area contributed by atoms with Crippen molar-refractivity contribution >= 4 is 18.1 Å². The molecule has 8 nitrogen and oxygen atoms in total. The van der Waals surface area contributed by atoms with Crippen LogP contribution < -0.4 is 16.0 Å². The number of nitrogens with zero attached hydrogens (tertiary/aromatic N) is 1. The number of amides is 2. The Labute approximate surface area is 131 Å². The maximum absolute atomic E-state index is 11.4. The second kappa shape index (κ2) is 14.2. The Hall–Kier alpha value is -1.77.